The van der Waals surface area contributed by atoms with Gasteiger partial charge in [-0.25, -0.2) is 0 Å². The summed E-state index contributed by atoms with van der Waals surface area (Å²) in [6, 6.07) is 1.73. The van der Waals surface area contributed by atoms with Crippen molar-refractivity contribution in [2.24, 2.45) is 0 Å². The lowest BCUT2D eigenvalue weighted by molar-refractivity contribution is 0.357. The van der Waals surface area contributed by atoms with Crippen LogP contribution in [0.3, 0.4) is 0 Å². The minimum absolute atomic E-state index is 0.217. The second-order valence-corrected chi connectivity index (χ2v) is 2.33. The van der Waals surface area contributed by atoms with Crippen LogP contribution in [0.4, 0.5) is 0 Å². The lowest BCUT2D eigenvalue weighted by Gasteiger charge is -2.02. The summed E-state index contributed by atoms with van der Waals surface area (Å²) in [4.78, 5) is 3.88. The SMILES string of the molecule is Cc1cnccc1C(=N)CO. The topological polar surface area (TPSA) is 57.0 Å². The highest BCUT2D eigenvalue weighted by molar-refractivity contribution is 6.00. The number of rotatable bonds is 2. The van der Waals surface area contributed by atoms with E-state index >= 15 is 0 Å². The van der Waals surface area contributed by atoms with E-state index in [-0.39, 0.29) is 12.3 Å². The van der Waals surface area contributed by atoms with Gasteiger partial charge in [-0.2, -0.15) is 0 Å². The Hall–Kier alpha value is -1.22. The van der Waals surface area contributed by atoms with E-state index < -0.39 is 0 Å². The number of pyridine rings is 1. The van der Waals surface area contributed by atoms with Gasteiger partial charge in [0, 0.05) is 18.0 Å². The van der Waals surface area contributed by atoms with Gasteiger partial charge in [0.15, 0.2) is 0 Å². The van der Waals surface area contributed by atoms with Crippen molar-refractivity contribution >= 4 is 5.71 Å². The predicted octanol–water partition coefficient (Wildman–Crippen LogP) is 0.750. The molecule has 0 saturated carbocycles. The zero-order valence-corrected chi connectivity index (χ0v) is 6.33. The number of nitrogens with zero attached hydrogens (tertiary/aromatic N) is 1. The molecule has 11 heavy (non-hydrogen) atoms. The molecule has 1 heterocycles. The van der Waals surface area contributed by atoms with Crippen LogP contribution in [0.2, 0.25) is 0 Å². The fourth-order valence-corrected chi connectivity index (χ4v) is 0.897. The first kappa shape index (κ1) is 7.88. The Morgan fingerprint density at radius 1 is 1.73 bits per heavy atom. The molecule has 1 aromatic heterocycles. The summed E-state index contributed by atoms with van der Waals surface area (Å²) in [7, 11) is 0. The van der Waals surface area contributed by atoms with Crippen LogP contribution in [0.5, 0.6) is 0 Å². The fourth-order valence-electron chi connectivity index (χ4n) is 0.897. The zero-order valence-electron chi connectivity index (χ0n) is 6.33. The summed E-state index contributed by atoms with van der Waals surface area (Å²) in [6.45, 7) is 1.65. The van der Waals surface area contributed by atoms with E-state index in [0.717, 1.165) is 11.1 Å². The fraction of sp³-hybridized carbons (Fsp3) is 0.250. The molecular weight excluding hydrogens is 140 g/mol. The van der Waals surface area contributed by atoms with E-state index in [9.17, 15) is 0 Å². The third kappa shape index (κ3) is 1.62. The van der Waals surface area contributed by atoms with Gasteiger partial charge in [-0.3, -0.25) is 4.98 Å². The molecule has 3 nitrogen and oxygen atoms in total. The molecule has 0 aliphatic heterocycles. The predicted molar refractivity (Wildman–Crippen MR) is 42.9 cm³/mol. The third-order valence-electron chi connectivity index (χ3n) is 1.50. The average Bonchev–Trinajstić information content (AvgIpc) is 2.04. The van der Waals surface area contributed by atoms with Crippen molar-refractivity contribution in [3.63, 3.8) is 0 Å². The Morgan fingerprint density at radius 3 is 3.00 bits per heavy atom. The molecule has 0 spiro atoms. The molecule has 58 valence electrons. The first-order chi connectivity index (χ1) is 5.25. The maximum atomic E-state index is 8.67. The minimum atomic E-state index is -0.217. The van der Waals surface area contributed by atoms with Crippen molar-refractivity contribution in [1.29, 1.82) is 5.41 Å². The summed E-state index contributed by atoms with van der Waals surface area (Å²) in [6.07, 6.45) is 3.30. The summed E-state index contributed by atoms with van der Waals surface area (Å²) < 4.78 is 0. The highest BCUT2D eigenvalue weighted by Crippen LogP contribution is 2.04. The van der Waals surface area contributed by atoms with Crippen molar-refractivity contribution in [2.75, 3.05) is 6.61 Å². The van der Waals surface area contributed by atoms with Gasteiger partial charge >= 0.3 is 0 Å². The summed E-state index contributed by atoms with van der Waals surface area (Å²) in [5, 5.41) is 16.0. The highest BCUT2D eigenvalue weighted by atomic mass is 16.3. The number of nitrogens with one attached hydrogen (secondary N) is 1. The van der Waals surface area contributed by atoms with E-state index in [1.54, 1.807) is 18.5 Å². The number of hydrogen-bond donors (Lipinski definition) is 2. The molecule has 3 heteroatoms. The van der Waals surface area contributed by atoms with Gasteiger partial charge in [0.2, 0.25) is 0 Å². The van der Waals surface area contributed by atoms with Gasteiger partial charge in [-0.15, -0.1) is 0 Å². The Labute approximate surface area is 65.2 Å². The van der Waals surface area contributed by atoms with Crippen LogP contribution in [0.15, 0.2) is 18.5 Å². The summed E-state index contributed by atoms with van der Waals surface area (Å²) in [5.74, 6) is 0. The van der Waals surface area contributed by atoms with Crippen molar-refractivity contribution in [3.8, 4) is 0 Å². The van der Waals surface area contributed by atoms with Crippen LogP contribution >= 0.6 is 0 Å². The second-order valence-electron chi connectivity index (χ2n) is 2.33. The van der Waals surface area contributed by atoms with Gasteiger partial charge in [0.05, 0.1) is 12.3 Å². The molecule has 0 aromatic carbocycles. The Balaban J connectivity index is 3.03. The van der Waals surface area contributed by atoms with E-state index in [2.05, 4.69) is 4.98 Å². The maximum Gasteiger partial charge on any atom is 0.0852 e. The van der Waals surface area contributed by atoms with Gasteiger partial charge in [0.25, 0.3) is 0 Å². The minimum Gasteiger partial charge on any atom is -0.390 e. The Bertz CT molecular complexity index is 271. The van der Waals surface area contributed by atoms with E-state index in [1.807, 2.05) is 6.92 Å². The van der Waals surface area contributed by atoms with E-state index in [4.69, 9.17) is 10.5 Å². The number of aryl methyl sites for hydroxylation is 1. The molecule has 0 radical (unpaired) electrons. The smallest absolute Gasteiger partial charge is 0.0852 e. The third-order valence-corrected chi connectivity index (χ3v) is 1.50. The number of aliphatic hydroxyl groups is 1. The molecule has 2 N–H and O–H groups in total. The second kappa shape index (κ2) is 3.25. The van der Waals surface area contributed by atoms with Crippen LogP contribution in [0, 0.1) is 12.3 Å². The van der Waals surface area contributed by atoms with Crippen LogP contribution < -0.4 is 0 Å². The van der Waals surface area contributed by atoms with Crippen LogP contribution in [-0.4, -0.2) is 22.4 Å². The Morgan fingerprint density at radius 2 is 2.45 bits per heavy atom. The molecular formula is C8H10N2O. The highest BCUT2D eigenvalue weighted by Gasteiger charge is 2.01. The van der Waals surface area contributed by atoms with Crippen molar-refractivity contribution in [3.05, 3.63) is 29.6 Å². The Kier molecular flexibility index (Phi) is 2.33. The van der Waals surface area contributed by atoms with Crippen LogP contribution in [0.1, 0.15) is 11.1 Å². The lowest BCUT2D eigenvalue weighted by atomic mass is 10.1. The van der Waals surface area contributed by atoms with Crippen LogP contribution in [-0.2, 0) is 0 Å². The van der Waals surface area contributed by atoms with Crippen molar-refractivity contribution in [2.45, 2.75) is 6.92 Å². The molecule has 0 amide bonds. The first-order valence-electron chi connectivity index (χ1n) is 3.35. The molecule has 0 bridgehead atoms. The standard InChI is InChI=1S/C8H10N2O/c1-6-4-10-3-2-7(6)8(9)5-11/h2-4,9,11H,5H2,1H3. The summed E-state index contributed by atoms with van der Waals surface area (Å²) in [5.41, 5.74) is 1.93. The monoisotopic (exact) mass is 150 g/mol. The van der Waals surface area contributed by atoms with E-state index in [1.165, 1.54) is 0 Å². The van der Waals surface area contributed by atoms with Gasteiger partial charge < -0.3 is 10.5 Å². The zero-order chi connectivity index (χ0) is 8.27. The van der Waals surface area contributed by atoms with Crippen LogP contribution in [0.25, 0.3) is 0 Å². The molecule has 0 saturated heterocycles. The maximum absolute atomic E-state index is 8.67. The van der Waals surface area contributed by atoms with E-state index in [0.29, 0.717) is 0 Å². The van der Waals surface area contributed by atoms with Gasteiger partial charge in [-0.05, 0) is 18.6 Å². The molecule has 0 unspecified atom stereocenters. The molecule has 0 aliphatic rings. The average molecular weight is 150 g/mol. The largest absolute Gasteiger partial charge is 0.390 e. The van der Waals surface area contributed by atoms with Crippen molar-refractivity contribution < 1.29 is 5.11 Å². The number of aromatic nitrogens is 1. The number of hydrogen-bond acceptors (Lipinski definition) is 3. The lowest BCUT2D eigenvalue weighted by Crippen LogP contribution is -2.06. The molecule has 1 rings (SSSR count). The van der Waals surface area contributed by atoms with Gasteiger partial charge in [0.1, 0.15) is 0 Å². The molecule has 0 atom stereocenters. The molecule has 0 fully saturated rings. The first-order valence-corrected chi connectivity index (χ1v) is 3.35. The summed E-state index contributed by atoms with van der Waals surface area (Å²) >= 11 is 0. The van der Waals surface area contributed by atoms with Gasteiger partial charge in [-0.1, -0.05) is 0 Å². The number of aliphatic hydroxyl groups excluding tert-OH is 1. The molecule has 0 aliphatic carbocycles. The molecule has 1 aromatic rings. The van der Waals surface area contributed by atoms with Crippen molar-refractivity contribution in [1.82, 2.24) is 4.98 Å². The normalized spacial score (nSPS) is 9.64. The quantitative estimate of drug-likeness (QED) is 0.611.